The molecule has 37 heavy (non-hydrogen) atoms. The second-order valence-electron chi connectivity index (χ2n) is 10.4. The Morgan fingerprint density at radius 1 is 1.03 bits per heavy atom. The molecule has 1 heterocycles. The van der Waals surface area contributed by atoms with E-state index in [1.807, 2.05) is 71.6 Å². The number of fused-ring (bicyclic) bond motifs is 1. The van der Waals surface area contributed by atoms with Gasteiger partial charge in [-0.25, -0.2) is 0 Å². The number of nitrogens with zero attached hydrogens (tertiary/aromatic N) is 1. The maximum absolute atomic E-state index is 13.8. The third kappa shape index (κ3) is 5.67. The Morgan fingerprint density at radius 2 is 1.84 bits per heavy atom. The summed E-state index contributed by atoms with van der Waals surface area (Å²) in [5.41, 5.74) is 4.59. The Labute approximate surface area is 224 Å². The number of rotatable bonds is 5. The van der Waals surface area contributed by atoms with Crippen molar-refractivity contribution < 1.29 is 9.59 Å². The highest BCUT2D eigenvalue weighted by Gasteiger charge is 2.32. The van der Waals surface area contributed by atoms with Crippen LogP contribution in [0.4, 0.5) is 5.69 Å². The van der Waals surface area contributed by atoms with E-state index in [4.69, 9.17) is 0 Å². The molecule has 0 radical (unpaired) electrons. The summed E-state index contributed by atoms with van der Waals surface area (Å²) in [7, 11) is 0. The highest BCUT2D eigenvalue weighted by Crippen LogP contribution is 2.43. The first-order valence-electron chi connectivity index (χ1n) is 13.2. The van der Waals surface area contributed by atoms with Gasteiger partial charge in [-0.1, -0.05) is 98.6 Å². The first kappa shape index (κ1) is 25.3. The highest BCUT2D eigenvalue weighted by atomic mass is 32.2. The molecule has 1 N–H and O–H groups in total. The van der Waals surface area contributed by atoms with E-state index in [1.54, 1.807) is 0 Å². The number of benzene rings is 3. The molecule has 1 aliphatic carbocycles. The van der Waals surface area contributed by atoms with E-state index in [9.17, 15) is 9.59 Å². The molecule has 1 saturated carbocycles. The lowest BCUT2D eigenvalue weighted by Crippen LogP contribution is -2.43. The molecule has 3 aromatic carbocycles. The second kappa shape index (κ2) is 11.0. The van der Waals surface area contributed by atoms with Crippen molar-refractivity contribution in [1.29, 1.82) is 0 Å². The van der Waals surface area contributed by atoms with E-state index < -0.39 is 0 Å². The van der Waals surface area contributed by atoms with Crippen molar-refractivity contribution in [3.8, 4) is 0 Å². The van der Waals surface area contributed by atoms with Gasteiger partial charge in [-0.3, -0.25) is 9.59 Å². The van der Waals surface area contributed by atoms with Gasteiger partial charge in [0.05, 0.1) is 17.1 Å². The molecule has 1 aliphatic heterocycles. The van der Waals surface area contributed by atoms with Crippen LogP contribution in [0.3, 0.4) is 0 Å². The number of thioether (sulfide) groups is 1. The predicted molar refractivity (Wildman–Crippen MR) is 153 cm³/mol. The molecule has 3 atom stereocenters. The molecule has 4 nitrogen and oxygen atoms in total. The van der Waals surface area contributed by atoms with Gasteiger partial charge in [0.2, 0.25) is 0 Å². The summed E-state index contributed by atoms with van der Waals surface area (Å²) in [6.07, 6.45) is 5.33. The summed E-state index contributed by atoms with van der Waals surface area (Å²) in [6.45, 7) is 7.01. The van der Waals surface area contributed by atoms with Crippen molar-refractivity contribution in [3.63, 3.8) is 0 Å². The molecule has 2 amide bonds. The zero-order chi connectivity index (χ0) is 25.9. The van der Waals surface area contributed by atoms with Gasteiger partial charge in [0.15, 0.2) is 0 Å². The van der Waals surface area contributed by atoms with Gasteiger partial charge in [0.25, 0.3) is 11.8 Å². The van der Waals surface area contributed by atoms with Crippen LogP contribution in [0.2, 0.25) is 0 Å². The van der Waals surface area contributed by atoms with E-state index in [2.05, 4.69) is 38.2 Å². The molecule has 0 spiro atoms. The van der Waals surface area contributed by atoms with E-state index in [1.165, 1.54) is 18.2 Å². The summed E-state index contributed by atoms with van der Waals surface area (Å²) < 4.78 is 0. The van der Waals surface area contributed by atoms with Gasteiger partial charge < -0.3 is 10.2 Å². The van der Waals surface area contributed by atoms with Crippen molar-refractivity contribution in [1.82, 2.24) is 5.32 Å². The summed E-state index contributed by atoms with van der Waals surface area (Å²) in [5, 5.41) is 3.29. The molecule has 0 bridgehead atoms. The van der Waals surface area contributed by atoms with Crippen LogP contribution in [0.15, 0.2) is 82.6 Å². The summed E-state index contributed by atoms with van der Waals surface area (Å²) in [6, 6.07) is 24.1. The second-order valence-corrected chi connectivity index (χ2v) is 11.5. The van der Waals surface area contributed by atoms with Crippen LogP contribution in [-0.4, -0.2) is 17.9 Å². The largest absolute Gasteiger partial charge is 0.349 e. The van der Waals surface area contributed by atoms with Crippen LogP contribution in [0.5, 0.6) is 0 Å². The molecular weight excluding hydrogens is 476 g/mol. The molecule has 5 rings (SSSR count). The lowest BCUT2D eigenvalue weighted by molar-refractivity contribution is -0.114. The molecule has 0 saturated heterocycles. The van der Waals surface area contributed by atoms with Crippen molar-refractivity contribution in [2.45, 2.75) is 57.5 Å². The van der Waals surface area contributed by atoms with Crippen molar-refractivity contribution in [3.05, 3.63) is 100.0 Å². The molecule has 190 valence electrons. The lowest BCUT2D eigenvalue weighted by atomic mass is 9.78. The van der Waals surface area contributed by atoms with Crippen molar-refractivity contribution in [2.24, 2.45) is 11.8 Å². The summed E-state index contributed by atoms with van der Waals surface area (Å²) in [5.74, 6) is 0.953. The topological polar surface area (TPSA) is 49.4 Å². The van der Waals surface area contributed by atoms with E-state index in [0.717, 1.165) is 40.1 Å². The standard InChI is InChI=1S/C32H34N2O2S/c1-21-9-7-13-25(17-21)20-34-28-19-26(31(35)33-27-14-8-10-22(2)23(27)3)15-16-29(28)37-30(32(34)36)18-24-11-5-4-6-12-24/h4-7,9,11-13,15-19,22-23,27H,8,10,14,20H2,1-3H3,(H,33,35)/b30-18-. The quantitative estimate of drug-likeness (QED) is 0.368. The number of carbonyl (C=O) groups is 2. The van der Waals surface area contributed by atoms with Gasteiger partial charge in [-0.05, 0) is 60.6 Å². The van der Waals surface area contributed by atoms with E-state index >= 15 is 0 Å². The fraction of sp³-hybridized carbons (Fsp3) is 0.312. The molecule has 5 heteroatoms. The SMILES string of the molecule is Cc1cccc(CN2C(=O)/C(=C/c3ccccc3)Sc3ccc(C(=O)NC4CCCC(C)C4C)cc32)c1. The Bertz CT molecular complexity index is 1330. The number of hydrogen-bond donors (Lipinski definition) is 1. The van der Waals surface area contributed by atoms with Crippen molar-refractivity contribution in [2.75, 3.05) is 4.90 Å². The van der Waals surface area contributed by atoms with Gasteiger partial charge in [-0.15, -0.1) is 0 Å². The number of nitrogens with one attached hydrogen (secondary N) is 1. The zero-order valence-electron chi connectivity index (χ0n) is 21.7. The molecule has 1 fully saturated rings. The number of aryl methyl sites for hydroxylation is 1. The molecule has 0 aromatic heterocycles. The predicted octanol–water partition coefficient (Wildman–Crippen LogP) is 7.23. The Hall–Kier alpha value is -3.31. The van der Waals surface area contributed by atoms with E-state index in [0.29, 0.717) is 28.8 Å². The molecule has 3 unspecified atom stereocenters. The first-order valence-corrected chi connectivity index (χ1v) is 14.0. The Balaban J connectivity index is 1.48. The third-order valence-electron chi connectivity index (χ3n) is 7.73. The van der Waals surface area contributed by atoms with Crippen LogP contribution in [0, 0.1) is 18.8 Å². The first-order chi connectivity index (χ1) is 17.9. The average molecular weight is 511 g/mol. The minimum absolute atomic E-state index is 0.0462. The zero-order valence-corrected chi connectivity index (χ0v) is 22.6. The van der Waals surface area contributed by atoms with Crippen LogP contribution in [0.1, 0.15) is 60.2 Å². The Morgan fingerprint density at radius 3 is 2.62 bits per heavy atom. The number of hydrogen-bond acceptors (Lipinski definition) is 3. The van der Waals surface area contributed by atoms with Gasteiger partial charge >= 0.3 is 0 Å². The third-order valence-corrected chi connectivity index (χ3v) is 8.81. The Kier molecular flexibility index (Phi) is 7.52. The smallest absolute Gasteiger partial charge is 0.265 e. The summed E-state index contributed by atoms with van der Waals surface area (Å²) >= 11 is 1.47. The fourth-order valence-corrected chi connectivity index (χ4v) is 6.38. The van der Waals surface area contributed by atoms with Crippen LogP contribution < -0.4 is 10.2 Å². The number of anilines is 1. The molecular formula is C32H34N2O2S. The maximum atomic E-state index is 13.8. The number of amides is 2. The maximum Gasteiger partial charge on any atom is 0.265 e. The monoisotopic (exact) mass is 510 g/mol. The fourth-order valence-electron chi connectivity index (χ4n) is 5.34. The van der Waals surface area contributed by atoms with Crippen LogP contribution >= 0.6 is 11.8 Å². The molecule has 3 aromatic rings. The van der Waals surface area contributed by atoms with Gasteiger partial charge in [-0.2, -0.15) is 0 Å². The van der Waals surface area contributed by atoms with E-state index in [-0.39, 0.29) is 17.9 Å². The van der Waals surface area contributed by atoms with Crippen LogP contribution in [-0.2, 0) is 11.3 Å². The van der Waals surface area contributed by atoms with Crippen LogP contribution in [0.25, 0.3) is 6.08 Å². The van der Waals surface area contributed by atoms with Gasteiger partial charge in [0, 0.05) is 16.5 Å². The minimum atomic E-state index is -0.0627. The molecule has 2 aliphatic rings. The normalized spacial score (nSPS) is 22.6. The van der Waals surface area contributed by atoms with Crippen molar-refractivity contribution >= 4 is 35.3 Å². The number of carbonyl (C=O) groups excluding carboxylic acids is 2. The highest BCUT2D eigenvalue weighted by molar-refractivity contribution is 8.04. The summed E-state index contributed by atoms with van der Waals surface area (Å²) in [4.78, 5) is 30.6. The average Bonchev–Trinajstić information content (AvgIpc) is 2.89. The minimum Gasteiger partial charge on any atom is -0.349 e. The van der Waals surface area contributed by atoms with Gasteiger partial charge in [0.1, 0.15) is 0 Å². The lowest BCUT2D eigenvalue weighted by Gasteiger charge is -2.35.